The van der Waals surface area contributed by atoms with E-state index in [1.807, 2.05) is 50.4 Å². The lowest BCUT2D eigenvalue weighted by atomic mass is 10.1. The summed E-state index contributed by atoms with van der Waals surface area (Å²) in [5.74, 6) is 0.649. The first-order valence-electron chi connectivity index (χ1n) is 10.4. The predicted molar refractivity (Wildman–Crippen MR) is 118 cm³/mol. The lowest BCUT2D eigenvalue weighted by molar-refractivity contribution is 0.105. The van der Waals surface area contributed by atoms with Crippen LogP contribution in [0.4, 0.5) is 10.5 Å². The Morgan fingerprint density at radius 3 is 2.68 bits per heavy atom. The van der Waals surface area contributed by atoms with Gasteiger partial charge < -0.3 is 19.0 Å². The number of rotatable bonds is 3. The average molecular weight is 417 g/mol. The van der Waals surface area contributed by atoms with E-state index in [-0.39, 0.29) is 6.09 Å². The van der Waals surface area contributed by atoms with Gasteiger partial charge in [0.15, 0.2) is 11.5 Å². The Balaban J connectivity index is 1.40. The zero-order valence-electron chi connectivity index (χ0n) is 17.5. The molecular weight excluding hydrogens is 394 g/mol. The van der Waals surface area contributed by atoms with Crippen LogP contribution in [0.5, 0.6) is 0 Å². The Labute approximate surface area is 179 Å². The number of hydrogen-bond acceptors (Lipinski definition) is 7. The number of piperazine rings is 1. The minimum atomic E-state index is -0.246. The van der Waals surface area contributed by atoms with Gasteiger partial charge in [0.25, 0.3) is 0 Å². The van der Waals surface area contributed by atoms with E-state index in [2.05, 4.69) is 20.9 Å². The predicted octanol–water partition coefficient (Wildman–Crippen LogP) is 4.02. The van der Waals surface area contributed by atoms with Gasteiger partial charge in [0, 0.05) is 38.7 Å². The van der Waals surface area contributed by atoms with Crippen molar-refractivity contribution in [3.63, 3.8) is 0 Å². The topological polar surface area (TPSA) is 84.6 Å². The molecule has 5 rings (SSSR count). The van der Waals surface area contributed by atoms with Crippen molar-refractivity contribution < 1.29 is 13.9 Å². The molecule has 0 N–H and O–H groups in total. The molecule has 0 radical (unpaired) electrons. The number of carbonyl (C=O) groups excluding carboxylic acids is 1. The van der Waals surface area contributed by atoms with Crippen molar-refractivity contribution in [3.05, 3.63) is 48.5 Å². The first-order chi connectivity index (χ1) is 15.1. The van der Waals surface area contributed by atoms with Crippen molar-refractivity contribution in [1.29, 1.82) is 0 Å². The van der Waals surface area contributed by atoms with Crippen LogP contribution in [0.2, 0.25) is 0 Å². The van der Waals surface area contributed by atoms with Gasteiger partial charge >= 0.3 is 6.09 Å². The van der Waals surface area contributed by atoms with E-state index in [9.17, 15) is 4.79 Å². The monoisotopic (exact) mass is 417 g/mol. The third-order valence-corrected chi connectivity index (χ3v) is 5.48. The van der Waals surface area contributed by atoms with Gasteiger partial charge in [0.05, 0.1) is 35.2 Å². The third kappa shape index (κ3) is 3.76. The second-order valence-electron chi connectivity index (χ2n) is 7.52. The molecule has 0 aliphatic carbocycles. The molecule has 0 atom stereocenters. The fraction of sp³-hybridized carbons (Fsp3) is 0.304. The van der Waals surface area contributed by atoms with Crippen LogP contribution in [0.25, 0.3) is 33.4 Å². The van der Waals surface area contributed by atoms with Crippen molar-refractivity contribution in [1.82, 2.24) is 19.9 Å². The second kappa shape index (κ2) is 7.86. The van der Waals surface area contributed by atoms with Gasteiger partial charge in [0.2, 0.25) is 0 Å². The number of ether oxygens (including phenoxy) is 1. The van der Waals surface area contributed by atoms with Crippen LogP contribution >= 0.6 is 0 Å². The summed E-state index contributed by atoms with van der Waals surface area (Å²) in [5.41, 5.74) is 6.12. The Kier molecular flexibility index (Phi) is 4.89. The maximum atomic E-state index is 11.9. The normalized spacial score (nSPS) is 14.4. The fourth-order valence-corrected chi connectivity index (χ4v) is 3.89. The summed E-state index contributed by atoms with van der Waals surface area (Å²) in [6, 6.07) is 11.9. The number of anilines is 1. The van der Waals surface area contributed by atoms with E-state index in [4.69, 9.17) is 14.1 Å². The first-order valence-corrected chi connectivity index (χ1v) is 10.4. The van der Waals surface area contributed by atoms with E-state index in [1.54, 1.807) is 4.90 Å². The molecule has 3 aromatic heterocycles. The van der Waals surface area contributed by atoms with E-state index in [1.165, 1.54) is 0 Å². The summed E-state index contributed by atoms with van der Waals surface area (Å²) in [4.78, 5) is 29.7. The van der Waals surface area contributed by atoms with E-state index >= 15 is 0 Å². The van der Waals surface area contributed by atoms with Gasteiger partial charge in [0.1, 0.15) is 5.52 Å². The summed E-state index contributed by atoms with van der Waals surface area (Å²) in [6.45, 7) is 6.77. The Morgan fingerprint density at radius 2 is 1.87 bits per heavy atom. The summed E-state index contributed by atoms with van der Waals surface area (Å²) in [6.07, 6.45) is 1.62. The van der Waals surface area contributed by atoms with E-state index < -0.39 is 0 Å². The van der Waals surface area contributed by atoms with Crippen molar-refractivity contribution in [2.45, 2.75) is 13.8 Å². The van der Waals surface area contributed by atoms with Crippen LogP contribution in [-0.4, -0.2) is 58.7 Å². The van der Waals surface area contributed by atoms with Crippen molar-refractivity contribution in [3.8, 4) is 11.3 Å². The van der Waals surface area contributed by atoms with Gasteiger partial charge in [-0.05, 0) is 43.3 Å². The Bertz CT molecular complexity index is 1260. The maximum absolute atomic E-state index is 11.9. The van der Waals surface area contributed by atoms with Gasteiger partial charge in [-0.2, -0.15) is 0 Å². The first kappa shape index (κ1) is 19.3. The molecule has 1 saturated heterocycles. The molecule has 1 fully saturated rings. The number of oxazole rings is 1. The van der Waals surface area contributed by atoms with Crippen molar-refractivity contribution in [2.75, 3.05) is 37.7 Å². The number of aryl methyl sites for hydroxylation is 1. The molecule has 4 heterocycles. The van der Waals surface area contributed by atoms with Crippen LogP contribution in [0.15, 0.2) is 47.0 Å². The van der Waals surface area contributed by atoms with Gasteiger partial charge in [-0.3, -0.25) is 4.98 Å². The maximum Gasteiger partial charge on any atom is 0.409 e. The third-order valence-electron chi connectivity index (χ3n) is 5.48. The summed E-state index contributed by atoms with van der Waals surface area (Å²) >= 11 is 0. The zero-order valence-corrected chi connectivity index (χ0v) is 17.5. The van der Waals surface area contributed by atoms with E-state index in [0.717, 1.165) is 52.2 Å². The minimum Gasteiger partial charge on any atom is -0.450 e. The number of benzene rings is 1. The molecular formula is C23H23N5O3. The molecule has 1 aliphatic heterocycles. The van der Waals surface area contributed by atoms with Crippen molar-refractivity contribution in [2.24, 2.45) is 0 Å². The largest absolute Gasteiger partial charge is 0.450 e. The number of fused-ring (bicyclic) bond motifs is 2. The molecule has 31 heavy (non-hydrogen) atoms. The highest BCUT2D eigenvalue weighted by Gasteiger charge is 2.22. The van der Waals surface area contributed by atoms with Gasteiger partial charge in [-0.15, -0.1) is 0 Å². The molecule has 1 aliphatic rings. The molecule has 8 nitrogen and oxygen atoms in total. The lowest BCUT2D eigenvalue weighted by Crippen LogP contribution is -2.49. The summed E-state index contributed by atoms with van der Waals surface area (Å²) < 4.78 is 10.7. The Hall–Kier alpha value is -3.68. The van der Waals surface area contributed by atoms with Crippen molar-refractivity contribution >= 4 is 33.9 Å². The van der Waals surface area contributed by atoms with Crippen LogP contribution in [0.3, 0.4) is 0 Å². The number of hydrogen-bond donors (Lipinski definition) is 0. The van der Waals surface area contributed by atoms with Gasteiger partial charge in [-0.25, -0.2) is 14.8 Å². The van der Waals surface area contributed by atoms with Gasteiger partial charge in [-0.1, -0.05) is 0 Å². The lowest BCUT2D eigenvalue weighted by Gasteiger charge is -2.35. The zero-order chi connectivity index (χ0) is 21.4. The molecule has 0 bridgehead atoms. The molecule has 0 saturated carbocycles. The number of aromatic nitrogens is 3. The average Bonchev–Trinajstić information content (AvgIpc) is 3.18. The highest BCUT2D eigenvalue weighted by atomic mass is 16.6. The quantitative estimate of drug-likeness (QED) is 0.498. The summed E-state index contributed by atoms with van der Waals surface area (Å²) in [7, 11) is 0. The molecule has 1 aromatic carbocycles. The molecule has 1 amide bonds. The smallest absolute Gasteiger partial charge is 0.409 e. The Morgan fingerprint density at radius 1 is 1.03 bits per heavy atom. The molecule has 0 unspecified atom stereocenters. The fourth-order valence-electron chi connectivity index (χ4n) is 3.89. The van der Waals surface area contributed by atoms with Crippen LogP contribution < -0.4 is 4.90 Å². The molecule has 8 heteroatoms. The van der Waals surface area contributed by atoms with E-state index in [0.29, 0.717) is 25.6 Å². The molecule has 4 aromatic rings. The number of nitrogens with zero attached hydrogens (tertiary/aromatic N) is 5. The van der Waals surface area contributed by atoms with Crippen LogP contribution in [-0.2, 0) is 4.74 Å². The highest BCUT2D eigenvalue weighted by molar-refractivity contribution is 5.84. The number of amides is 1. The standard InChI is InChI=1S/C23H23N5O3/c1-3-30-23(29)28-10-8-27(9-11-28)17-13-20-19(24-14-17)6-5-18(26-20)16-4-7-22-21(12-16)25-15(2)31-22/h4-7,12-14H,3,8-11H2,1-2H3. The highest BCUT2D eigenvalue weighted by Crippen LogP contribution is 2.26. The molecule has 0 spiro atoms. The number of carbonyl (C=O) groups is 1. The van der Waals surface area contributed by atoms with Crippen LogP contribution in [0, 0.1) is 6.92 Å². The SMILES string of the molecule is CCOC(=O)N1CCN(c2cnc3ccc(-c4ccc5oc(C)nc5c4)nc3c2)CC1. The molecule has 158 valence electrons. The second-order valence-corrected chi connectivity index (χ2v) is 7.52. The van der Waals surface area contributed by atoms with Crippen LogP contribution in [0.1, 0.15) is 12.8 Å². The summed E-state index contributed by atoms with van der Waals surface area (Å²) in [5, 5.41) is 0. The number of pyridine rings is 2. The minimum absolute atomic E-state index is 0.246.